The van der Waals surface area contributed by atoms with Crippen molar-refractivity contribution in [3.63, 3.8) is 0 Å². The summed E-state index contributed by atoms with van der Waals surface area (Å²) in [5.74, 6) is 2.42. The number of nitrogens with zero attached hydrogens (tertiary/aromatic N) is 3. The first-order valence-electron chi connectivity index (χ1n) is 12.0. The van der Waals surface area contributed by atoms with E-state index in [0.717, 1.165) is 94.4 Å². The summed E-state index contributed by atoms with van der Waals surface area (Å²) in [4.78, 5) is 14.5. The van der Waals surface area contributed by atoms with Crippen molar-refractivity contribution in [2.45, 2.75) is 75.9 Å². The number of pyridine rings is 1. The van der Waals surface area contributed by atoms with E-state index in [4.69, 9.17) is 24.4 Å². The van der Waals surface area contributed by atoms with Gasteiger partial charge in [0, 0.05) is 37.6 Å². The molecule has 2 aromatic rings. The predicted molar refractivity (Wildman–Crippen MR) is 118 cm³/mol. The van der Waals surface area contributed by atoms with Gasteiger partial charge < -0.3 is 19.9 Å². The van der Waals surface area contributed by atoms with Gasteiger partial charge in [0.1, 0.15) is 11.9 Å². The van der Waals surface area contributed by atoms with E-state index < -0.39 is 0 Å². The lowest BCUT2D eigenvalue weighted by molar-refractivity contribution is 0.0543. The van der Waals surface area contributed by atoms with Crippen LogP contribution >= 0.6 is 0 Å². The molecule has 7 nitrogen and oxygen atoms in total. The van der Waals surface area contributed by atoms with E-state index in [-0.39, 0.29) is 12.2 Å². The maximum absolute atomic E-state index is 9.96. The second-order valence-corrected chi connectivity index (χ2v) is 9.43. The fourth-order valence-corrected chi connectivity index (χ4v) is 5.23. The lowest BCUT2D eigenvalue weighted by atomic mass is 9.82. The van der Waals surface area contributed by atoms with E-state index in [1.807, 2.05) is 12.4 Å². The topological polar surface area (TPSA) is 89.4 Å². The molecule has 2 N–H and O–H groups in total. The quantitative estimate of drug-likeness (QED) is 0.759. The zero-order valence-electron chi connectivity index (χ0n) is 18.3. The van der Waals surface area contributed by atoms with Gasteiger partial charge in [-0.15, -0.1) is 0 Å². The van der Waals surface area contributed by atoms with E-state index >= 15 is 0 Å². The zero-order chi connectivity index (χ0) is 21.0. The summed E-state index contributed by atoms with van der Waals surface area (Å²) in [6, 6.07) is 0. The Labute approximate surface area is 184 Å². The number of aliphatic hydroxyl groups excluding tert-OH is 1. The number of ether oxygens (including phenoxy) is 2. The van der Waals surface area contributed by atoms with Crippen molar-refractivity contribution in [3.05, 3.63) is 23.8 Å². The SMILES string of the molecule is OC1CCC(c2cnc(OC3CCNCC3)c3cnc(C[C@@H]4CCCOC4)nc23)CC1. The number of aromatic nitrogens is 3. The molecule has 1 saturated carbocycles. The number of fused-ring (bicyclic) bond motifs is 1. The molecule has 0 spiro atoms. The highest BCUT2D eigenvalue weighted by Gasteiger charge is 2.26. The summed E-state index contributed by atoms with van der Waals surface area (Å²) in [5.41, 5.74) is 2.17. The van der Waals surface area contributed by atoms with Crippen molar-refractivity contribution in [1.29, 1.82) is 0 Å². The van der Waals surface area contributed by atoms with Gasteiger partial charge in [-0.3, -0.25) is 0 Å². The minimum Gasteiger partial charge on any atom is -0.474 e. The van der Waals surface area contributed by atoms with E-state index in [2.05, 4.69) is 5.32 Å². The average molecular weight is 427 g/mol. The average Bonchev–Trinajstić information content (AvgIpc) is 2.81. The fourth-order valence-electron chi connectivity index (χ4n) is 5.23. The Balaban J connectivity index is 1.46. The molecule has 0 aromatic carbocycles. The Morgan fingerprint density at radius 3 is 2.65 bits per heavy atom. The second-order valence-electron chi connectivity index (χ2n) is 9.43. The maximum Gasteiger partial charge on any atom is 0.224 e. The van der Waals surface area contributed by atoms with E-state index in [1.165, 1.54) is 12.0 Å². The van der Waals surface area contributed by atoms with Crippen molar-refractivity contribution in [2.75, 3.05) is 26.3 Å². The largest absolute Gasteiger partial charge is 0.474 e. The van der Waals surface area contributed by atoms with Gasteiger partial charge in [-0.1, -0.05) is 0 Å². The molecule has 2 aliphatic heterocycles. The van der Waals surface area contributed by atoms with Crippen LogP contribution in [0.1, 0.15) is 68.7 Å². The highest BCUT2D eigenvalue weighted by molar-refractivity contribution is 5.85. The first-order chi connectivity index (χ1) is 15.3. The third-order valence-electron chi connectivity index (χ3n) is 7.09. The first kappa shape index (κ1) is 21.0. The van der Waals surface area contributed by atoms with Crippen LogP contribution in [0.15, 0.2) is 12.4 Å². The van der Waals surface area contributed by atoms with E-state index in [9.17, 15) is 5.11 Å². The Bertz CT molecular complexity index is 872. The summed E-state index contributed by atoms with van der Waals surface area (Å²) in [5, 5.41) is 14.3. The minimum atomic E-state index is -0.172. The maximum atomic E-state index is 9.96. The molecule has 3 fully saturated rings. The molecular weight excluding hydrogens is 392 g/mol. The van der Waals surface area contributed by atoms with Crippen LogP contribution < -0.4 is 10.1 Å². The highest BCUT2D eigenvalue weighted by Crippen LogP contribution is 2.38. The Kier molecular flexibility index (Phi) is 6.62. The number of aliphatic hydroxyl groups is 1. The molecule has 0 unspecified atom stereocenters. The monoisotopic (exact) mass is 426 g/mol. The van der Waals surface area contributed by atoms with Crippen LogP contribution in [-0.4, -0.2) is 58.6 Å². The normalized spacial score (nSPS) is 28.0. The van der Waals surface area contributed by atoms with Crippen molar-refractivity contribution < 1.29 is 14.6 Å². The van der Waals surface area contributed by atoms with Gasteiger partial charge in [-0.25, -0.2) is 15.0 Å². The summed E-state index contributed by atoms with van der Waals surface area (Å²) in [7, 11) is 0. The molecule has 2 aromatic heterocycles. The fraction of sp³-hybridized carbons (Fsp3) is 0.708. The van der Waals surface area contributed by atoms with Crippen LogP contribution in [-0.2, 0) is 11.2 Å². The van der Waals surface area contributed by atoms with Crippen LogP contribution in [0.3, 0.4) is 0 Å². The van der Waals surface area contributed by atoms with Crippen LogP contribution in [0.4, 0.5) is 0 Å². The molecular formula is C24H34N4O3. The van der Waals surface area contributed by atoms with Crippen molar-refractivity contribution in [3.8, 4) is 5.88 Å². The van der Waals surface area contributed by atoms with Gasteiger partial charge in [0.05, 0.1) is 17.0 Å². The number of piperidine rings is 1. The molecule has 168 valence electrons. The number of hydrogen-bond acceptors (Lipinski definition) is 7. The van der Waals surface area contributed by atoms with Gasteiger partial charge in [0.15, 0.2) is 0 Å². The van der Waals surface area contributed by atoms with Gasteiger partial charge in [-0.2, -0.15) is 0 Å². The summed E-state index contributed by atoms with van der Waals surface area (Å²) in [6.45, 7) is 3.63. The Morgan fingerprint density at radius 1 is 1.03 bits per heavy atom. The third kappa shape index (κ3) is 4.99. The van der Waals surface area contributed by atoms with Crippen molar-refractivity contribution in [2.24, 2.45) is 5.92 Å². The molecule has 0 bridgehead atoms. The van der Waals surface area contributed by atoms with Gasteiger partial charge in [-0.05, 0) is 76.3 Å². The molecule has 0 amide bonds. The number of rotatable bonds is 5. The van der Waals surface area contributed by atoms with Crippen LogP contribution in [0, 0.1) is 5.92 Å². The lowest BCUT2D eigenvalue weighted by Gasteiger charge is -2.27. The summed E-state index contributed by atoms with van der Waals surface area (Å²) < 4.78 is 12.0. The second kappa shape index (κ2) is 9.76. The third-order valence-corrected chi connectivity index (χ3v) is 7.09. The van der Waals surface area contributed by atoms with Gasteiger partial charge in [0.2, 0.25) is 5.88 Å². The molecule has 4 heterocycles. The van der Waals surface area contributed by atoms with Crippen molar-refractivity contribution in [1.82, 2.24) is 20.3 Å². The van der Waals surface area contributed by atoms with Crippen LogP contribution in [0.2, 0.25) is 0 Å². The van der Waals surface area contributed by atoms with Crippen LogP contribution in [0.5, 0.6) is 5.88 Å². The highest BCUT2D eigenvalue weighted by atomic mass is 16.5. The molecule has 31 heavy (non-hydrogen) atoms. The van der Waals surface area contributed by atoms with Gasteiger partial charge in [0.25, 0.3) is 0 Å². The standard InChI is InChI=1S/C24H34N4O3/c29-18-5-3-17(4-6-18)20-13-27-24(31-19-7-9-25-10-8-19)21-14-26-22(28-23(20)21)12-16-2-1-11-30-15-16/h13-14,16-19,25,29H,1-12,15H2/t16-,17?,18?/m0/s1. The summed E-state index contributed by atoms with van der Waals surface area (Å²) >= 11 is 0. The van der Waals surface area contributed by atoms with Crippen LogP contribution in [0.25, 0.3) is 10.9 Å². The molecule has 1 atom stereocenters. The summed E-state index contributed by atoms with van der Waals surface area (Å²) in [6.07, 6.45) is 12.7. The Hall–Kier alpha value is -1.83. The van der Waals surface area contributed by atoms with Gasteiger partial charge >= 0.3 is 0 Å². The molecule has 5 rings (SSSR count). The Morgan fingerprint density at radius 2 is 1.87 bits per heavy atom. The molecule has 0 radical (unpaired) electrons. The number of nitrogens with one attached hydrogen (secondary N) is 1. The lowest BCUT2D eigenvalue weighted by Crippen LogP contribution is -2.34. The molecule has 7 heteroatoms. The van der Waals surface area contributed by atoms with E-state index in [0.29, 0.717) is 17.7 Å². The van der Waals surface area contributed by atoms with Crippen molar-refractivity contribution >= 4 is 10.9 Å². The molecule has 2 saturated heterocycles. The smallest absolute Gasteiger partial charge is 0.224 e. The molecule has 1 aliphatic carbocycles. The predicted octanol–water partition coefficient (Wildman–Crippen LogP) is 3.14. The zero-order valence-corrected chi connectivity index (χ0v) is 18.3. The number of hydrogen-bond donors (Lipinski definition) is 2. The molecule has 3 aliphatic rings. The first-order valence-corrected chi connectivity index (χ1v) is 12.0. The minimum absolute atomic E-state index is 0.172. The van der Waals surface area contributed by atoms with E-state index in [1.54, 1.807) is 0 Å².